The van der Waals surface area contributed by atoms with Crippen molar-refractivity contribution in [2.75, 3.05) is 19.6 Å². The molecule has 0 aliphatic carbocycles. The third-order valence-corrected chi connectivity index (χ3v) is 4.04. The second kappa shape index (κ2) is 8.10. The van der Waals surface area contributed by atoms with E-state index < -0.39 is 0 Å². The molecule has 1 N–H and O–H groups in total. The largest absolute Gasteiger partial charge is 0.311 e. The lowest BCUT2D eigenvalue weighted by molar-refractivity contribution is 0.105. The van der Waals surface area contributed by atoms with Gasteiger partial charge in [-0.3, -0.25) is 4.90 Å². The van der Waals surface area contributed by atoms with Gasteiger partial charge in [0.2, 0.25) is 0 Å². The summed E-state index contributed by atoms with van der Waals surface area (Å²) < 4.78 is 0. The maximum Gasteiger partial charge on any atom is 0.0221 e. The Morgan fingerprint density at radius 1 is 1.18 bits per heavy atom. The number of rotatable bonds is 7. The van der Waals surface area contributed by atoms with Crippen LogP contribution in [0.4, 0.5) is 0 Å². The van der Waals surface area contributed by atoms with Gasteiger partial charge < -0.3 is 5.32 Å². The first kappa shape index (κ1) is 15.0. The van der Waals surface area contributed by atoms with Gasteiger partial charge in [-0.25, -0.2) is 0 Å². The number of unbranched alkanes of at least 4 members (excludes halogenated alkanes) is 2. The summed E-state index contributed by atoms with van der Waals surface area (Å²) in [5.74, 6) is 0.756. The van der Waals surface area contributed by atoms with Crippen LogP contribution < -0.4 is 5.32 Å². The second-order valence-corrected chi connectivity index (χ2v) is 5.90. The smallest absolute Gasteiger partial charge is 0.0221 e. The molecule has 102 valence electrons. The van der Waals surface area contributed by atoms with Gasteiger partial charge in [0, 0.05) is 25.2 Å². The molecule has 1 aliphatic rings. The van der Waals surface area contributed by atoms with Gasteiger partial charge in [0.1, 0.15) is 0 Å². The van der Waals surface area contributed by atoms with E-state index >= 15 is 0 Å². The summed E-state index contributed by atoms with van der Waals surface area (Å²) in [5.41, 5.74) is 0. The number of nitrogens with zero attached hydrogens (tertiary/aromatic N) is 1. The van der Waals surface area contributed by atoms with E-state index in [0.717, 1.165) is 12.0 Å². The van der Waals surface area contributed by atoms with Crippen molar-refractivity contribution in [2.24, 2.45) is 5.92 Å². The zero-order valence-electron chi connectivity index (χ0n) is 12.3. The monoisotopic (exact) mass is 240 g/mol. The van der Waals surface area contributed by atoms with Gasteiger partial charge in [-0.15, -0.1) is 0 Å². The van der Waals surface area contributed by atoms with E-state index in [1.165, 1.54) is 51.7 Å². The lowest BCUT2D eigenvalue weighted by atomic mass is 9.97. The van der Waals surface area contributed by atoms with Gasteiger partial charge in [0.25, 0.3) is 0 Å². The Bertz CT molecular complexity index is 191. The van der Waals surface area contributed by atoms with Crippen molar-refractivity contribution >= 4 is 0 Å². The van der Waals surface area contributed by atoms with Crippen LogP contribution in [0, 0.1) is 5.92 Å². The summed E-state index contributed by atoms with van der Waals surface area (Å²) in [6, 6.07) is 1.48. The number of hydrogen-bond donors (Lipinski definition) is 1. The Morgan fingerprint density at radius 2 is 1.94 bits per heavy atom. The van der Waals surface area contributed by atoms with Crippen LogP contribution in [0.1, 0.15) is 59.8 Å². The molecule has 2 nitrogen and oxygen atoms in total. The van der Waals surface area contributed by atoms with Gasteiger partial charge in [0.15, 0.2) is 0 Å². The molecule has 0 aromatic heterocycles. The van der Waals surface area contributed by atoms with Crippen LogP contribution >= 0.6 is 0 Å². The molecule has 0 spiro atoms. The lowest BCUT2D eigenvalue weighted by Crippen LogP contribution is -2.58. The Labute approximate surface area is 108 Å². The summed E-state index contributed by atoms with van der Waals surface area (Å²) in [7, 11) is 0. The third-order valence-electron chi connectivity index (χ3n) is 4.04. The minimum Gasteiger partial charge on any atom is -0.311 e. The first-order chi connectivity index (χ1) is 8.19. The average molecular weight is 240 g/mol. The summed E-state index contributed by atoms with van der Waals surface area (Å²) in [5, 5.41) is 3.73. The standard InChI is InChI=1S/C15H32N2/c1-5-7-8-10-17-12-15(13(3)4)16-11-14(17)9-6-2/h13-16H,5-12H2,1-4H3. The van der Waals surface area contributed by atoms with E-state index in [4.69, 9.17) is 0 Å². The van der Waals surface area contributed by atoms with Crippen LogP contribution in [-0.4, -0.2) is 36.6 Å². The molecule has 1 aliphatic heterocycles. The van der Waals surface area contributed by atoms with Crippen molar-refractivity contribution in [3.63, 3.8) is 0 Å². The fourth-order valence-corrected chi connectivity index (χ4v) is 2.79. The van der Waals surface area contributed by atoms with Crippen molar-refractivity contribution in [3.05, 3.63) is 0 Å². The van der Waals surface area contributed by atoms with E-state index in [0.29, 0.717) is 6.04 Å². The summed E-state index contributed by atoms with van der Waals surface area (Å²) in [4.78, 5) is 2.75. The molecular weight excluding hydrogens is 208 g/mol. The molecular formula is C15H32N2. The van der Waals surface area contributed by atoms with Gasteiger partial charge in [-0.1, -0.05) is 47.0 Å². The first-order valence-corrected chi connectivity index (χ1v) is 7.66. The quantitative estimate of drug-likeness (QED) is 0.687. The van der Waals surface area contributed by atoms with Gasteiger partial charge in [-0.05, 0) is 25.3 Å². The minimum absolute atomic E-state index is 0.699. The second-order valence-electron chi connectivity index (χ2n) is 5.90. The van der Waals surface area contributed by atoms with Gasteiger partial charge >= 0.3 is 0 Å². The van der Waals surface area contributed by atoms with Crippen LogP contribution in [0.2, 0.25) is 0 Å². The molecule has 0 bridgehead atoms. The van der Waals surface area contributed by atoms with E-state index in [9.17, 15) is 0 Å². The highest BCUT2D eigenvalue weighted by Gasteiger charge is 2.27. The molecule has 0 radical (unpaired) electrons. The van der Waals surface area contributed by atoms with Crippen LogP contribution in [0.15, 0.2) is 0 Å². The fourth-order valence-electron chi connectivity index (χ4n) is 2.79. The molecule has 0 amide bonds. The highest BCUT2D eigenvalue weighted by atomic mass is 15.2. The van der Waals surface area contributed by atoms with Crippen LogP contribution in [0.25, 0.3) is 0 Å². The number of hydrogen-bond acceptors (Lipinski definition) is 2. The van der Waals surface area contributed by atoms with Crippen LogP contribution in [-0.2, 0) is 0 Å². The van der Waals surface area contributed by atoms with Crippen LogP contribution in [0.3, 0.4) is 0 Å². The Morgan fingerprint density at radius 3 is 2.53 bits per heavy atom. The lowest BCUT2D eigenvalue weighted by Gasteiger charge is -2.42. The van der Waals surface area contributed by atoms with Crippen molar-refractivity contribution in [1.29, 1.82) is 0 Å². The molecule has 1 saturated heterocycles. The molecule has 2 heteroatoms. The van der Waals surface area contributed by atoms with Crippen LogP contribution in [0.5, 0.6) is 0 Å². The van der Waals surface area contributed by atoms with Gasteiger partial charge in [0.05, 0.1) is 0 Å². The van der Waals surface area contributed by atoms with E-state index in [1.54, 1.807) is 0 Å². The molecule has 2 unspecified atom stereocenters. The summed E-state index contributed by atoms with van der Waals surface area (Å²) in [6.07, 6.45) is 6.75. The average Bonchev–Trinajstić information content (AvgIpc) is 2.31. The van der Waals surface area contributed by atoms with Crippen molar-refractivity contribution in [1.82, 2.24) is 10.2 Å². The zero-order chi connectivity index (χ0) is 12.7. The molecule has 1 fully saturated rings. The third kappa shape index (κ3) is 4.97. The highest BCUT2D eigenvalue weighted by Crippen LogP contribution is 2.17. The Hall–Kier alpha value is -0.0800. The maximum absolute atomic E-state index is 3.73. The van der Waals surface area contributed by atoms with E-state index in [1.807, 2.05) is 0 Å². The fraction of sp³-hybridized carbons (Fsp3) is 1.00. The topological polar surface area (TPSA) is 15.3 Å². The first-order valence-electron chi connectivity index (χ1n) is 7.66. The molecule has 0 aromatic rings. The number of nitrogens with one attached hydrogen (secondary N) is 1. The zero-order valence-corrected chi connectivity index (χ0v) is 12.3. The van der Waals surface area contributed by atoms with E-state index in [2.05, 4.69) is 37.9 Å². The molecule has 1 rings (SSSR count). The van der Waals surface area contributed by atoms with Crippen molar-refractivity contribution in [3.8, 4) is 0 Å². The van der Waals surface area contributed by atoms with Gasteiger partial charge in [-0.2, -0.15) is 0 Å². The normalized spacial score (nSPS) is 26.6. The minimum atomic E-state index is 0.699. The predicted octanol–water partition coefficient (Wildman–Crippen LogP) is 3.28. The Balaban J connectivity index is 2.43. The molecule has 0 aromatic carbocycles. The molecule has 1 heterocycles. The summed E-state index contributed by atoms with van der Waals surface area (Å²) in [6.45, 7) is 13.0. The molecule has 2 atom stereocenters. The van der Waals surface area contributed by atoms with Crippen molar-refractivity contribution < 1.29 is 0 Å². The molecule has 17 heavy (non-hydrogen) atoms. The number of piperazine rings is 1. The maximum atomic E-state index is 3.73. The summed E-state index contributed by atoms with van der Waals surface area (Å²) >= 11 is 0. The predicted molar refractivity (Wildman–Crippen MR) is 76.4 cm³/mol. The van der Waals surface area contributed by atoms with Crippen molar-refractivity contribution in [2.45, 2.75) is 71.9 Å². The molecule has 0 saturated carbocycles. The SMILES string of the molecule is CCCCCN1CC(C(C)C)NCC1CCC. The van der Waals surface area contributed by atoms with E-state index in [-0.39, 0.29) is 0 Å². The highest BCUT2D eigenvalue weighted by molar-refractivity contribution is 4.87. The Kier molecular flexibility index (Phi) is 7.14.